The Morgan fingerprint density at radius 3 is 2.80 bits per heavy atom. The van der Waals surface area contributed by atoms with E-state index in [4.69, 9.17) is 13.6 Å². The summed E-state index contributed by atoms with van der Waals surface area (Å²) in [4.78, 5) is 0. The summed E-state index contributed by atoms with van der Waals surface area (Å²) < 4.78 is 16.9. The van der Waals surface area contributed by atoms with E-state index in [-0.39, 0.29) is 0 Å². The van der Waals surface area contributed by atoms with Crippen molar-refractivity contribution in [1.82, 2.24) is 5.32 Å². The van der Waals surface area contributed by atoms with E-state index < -0.39 is 0 Å². The SMILES string of the molecule is CNCc1oc2ccccc2c1COCc1ccco1. The molecule has 20 heavy (non-hydrogen) atoms. The van der Waals surface area contributed by atoms with Gasteiger partial charge in [-0.15, -0.1) is 0 Å². The topological polar surface area (TPSA) is 47.5 Å². The first-order valence-corrected chi connectivity index (χ1v) is 6.62. The Morgan fingerprint density at radius 2 is 2.00 bits per heavy atom. The number of fused-ring (bicyclic) bond motifs is 1. The minimum atomic E-state index is 0.464. The fraction of sp³-hybridized carbons (Fsp3) is 0.250. The normalized spacial score (nSPS) is 11.2. The van der Waals surface area contributed by atoms with Gasteiger partial charge in [0.25, 0.3) is 0 Å². The van der Waals surface area contributed by atoms with Crippen LogP contribution in [0.4, 0.5) is 0 Å². The van der Waals surface area contributed by atoms with Gasteiger partial charge in [0.05, 0.1) is 19.4 Å². The van der Waals surface area contributed by atoms with Gasteiger partial charge in [0.2, 0.25) is 0 Å². The summed E-state index contributed by atoms with van der Waals surface area (Å²) in [6.45, 7) is 1.66. The van der Waals surface area contributed by atoms with Crippen molar-refractivity contribution in [3.8, 4) is 0 Å². The summed E-state index contributed by atoms with van der Waals surface area (Å²) in [5.41, 5.74) is 2.00. The van der Waals surface area contributed by atoms with Crippen molar-refractivity contribution < 1.29 is 13.6 Å². The fourth-order valence-corrected chi connectivity index (χ4v) is 2.26. The molecule has 1 N–H and O–H groups in total. The minimum absolute atomic E-state index is 0.464. The molecule has 0 atom stereocenters. The van der Waals surface area contributed by atoms with Gasteiger partial charge in [-0.05, 0) is 25.2 Å². The molecule has 0 spiro atoms. The lowest BCUT2D eigenvalue weighted by Gasteiger charge is -2.04. The van der Waals surface area contributed by atoms with Gasteiger partial charge in [-0.3, -0.25) is 0 Å². The molecular formula is C16H17NO3. The van der Waals surface area contributed by atoms with Crippen molar-refractivity contribution in [3.63, 3.8) is 0 Å². The third-order valence-corrected chi connectivity index (χ3v) is 3.19. The van der Waals surface area contributed by atoms with Crippen LogP contribution >= 0.6 is 0 Å². The Hall–Kier alpha value is -2.04. The Kier molecular flexibility index (Phi) is 3.85. The van der Waals surface area contributed by atoms with Crippen molar-refractivity contribution >= 4 is 11.0 Å². The van der Waals surface area contributed by atoms with Crippen LogP contribution in [0.15, 0.2) is 51.5 Å². The van der Waals surface area contributed by atoms with E-state index in [9.17, 15) is 0 Å². The van der Waals surface area contributed by atoms with E-state index in [0.29, 0.717) is 19.8 Å². The summed E-state index contributed by atoms with van der Waals surface area (Å²) in [5, 5.41) is 4.23. The molecule has 104 valence electrons. The average Bonchev–Trinajstić information content (AvgIpc) is 3.08. The quantitative estimate of drug-likeness (QED) is 0.745. The Morgan fingerprint density at radius 1 is 1.10 bits per heavy atom. The molecule has 0 bridgehead atoms. The summed E-state index contributed by atoms with van der Waals surface area (Å²) in [6.07, 6.45) is 1.65. The van der Waals surface area contributed by atoms with Gasteiger partial charge in [-0.25, -0.2) is 0 Å². The van der Waals surface area contributed by atoms with Crippen LogP contribution in [0.25, 0.3) is 11.0 Å². The van der Waals surface area contributed by atoms with Gasteiger partial charge in [0, 0.05) is 10.9 Å². The van der Waals surface area contributed by atoms with Gasteiger partial charge >= 0.3 is 0 Å². The number of furan rings is 2. The minimum Gasteiger partial charge on any atom is -0.467 e. The van der Waals surface area contributed by atoms with Crippen LogP contribution in [0.1, 0.15) is 17.1 Å². The number of hydrogen-bond donors (Lipinski definition) is 1. The molecule has 3 rings (SSSR count). The van der Waals surface area contributed by atoms with Crippen LogP contribution in [0.5, 0.6) is 0 Å². The maximum Gasteiger partial charge on any atom is 0.134 e. The molecule has 0 amide bonds. The van der Waals surface area contributed by atoms with E-state index in [0.717, 1.165) is 28.1 Å². The van der Waals surface area contributed by atoms with Crippen LogP contribution < -0.4 is 5.32 Å². The number of nitrogens with one attached hydrogen (secondary N) is 1. The molecule has 4 heteroatoms. The molecule has 0 aliphatic carbocycles. The highest BCUT2D eigenvalue weighted by molar-refractivity contribution is 5.82. The monoisotopic (exact) mass is 271 g/mol. The fourth-order valence-electron chi connectivity index (χ4n) is 2.26. The molecule has 2 heterocycles. The molecule has 1 aromatic carbocycles. The van der Waals surface area contributed by atoms with Crippen molar-refractivity contribution in [2.45, 2.75) is 19.8 Å². The van der Waals surface area contributed by atoms with Gasteiger partial charge < -0.3 is 18.9 Å². The van der Waals surface area contributed by atoms with E-state index in [1.165, 1.54) is 0 Å². The summed E-state index contributed by atoms with van der Waals surface area (Å²) >= 11 is 0. The standard InChI is InChI=1S/C16H17NO3/c1-17-9-16-14(11-18-10-12-5-4-8-19-12)13-6-2-3-7-15(13)20-16/h2-8,17H,9-11H2,1H3. The largest absolute Gasteiger partial charge is 0.467 e. The number of para-hydroxylation sites is 1. The first kappa shape index (κ1) is 13.0. The van der Waals surface area contributed by atoms with E-state index >= 15 is 0 Å². The second-order valence-electron chi connectivity index (χ2n) is 4.60. The predicted molar refractivity (Wildman–Crippen MR) is 76.2 cm³/mol. The lowest BCUT2D eigenvalue weighted by Crippen LogP contribution is -2.06. The molecule has 0 unspecified atom stereocenters. The van der Waals surface area contributed by atoms with Gasteiger partial charge in [0.15, 0.2) is 0 Å². The Balaban J connectivity index is 1.79. The number of rotatable bonds is 6. The molecule has 3 aromatic rings. The highest BCUT2D eigenvalue weighted by Gasteiger charge is 2.13. The van der Waals surface area contributed by atoms with Crippen molar-refractivity contribution in [1.29, 1.82) is 0 Å². The molecule has 4 nitrogen and oxygen atoms in total. The zero-order chi connectivity index (χ0) is 13.8. The number of benzene rings is 1. The van der Waals surface area contributed by atoms with Crippen LogP contribution in [-0.2, 0) is 24.5 Å². The van der Waals surface area contributed by atoms with Crippen molar-refractivity contribution in [2.75, 3.05) is 7.05 Å². The maximum atomic E-state index is 5.86. The molecule has 0 fully saturated rings. The van der Waals surface area contributed by atoms with Gasteiger partial charge in [-0.1, -0.05) is 18.2 Å². The molecule has 0 radical (unpaired) electrons. The van der Waals surface area contributed by atoms with Gasteiger partial charge in [-0.2, -0.15) is 0 Å². The molecule has 2 aromatic heterocycles. The van der Waals surface area contributed by atoms with Crippen molar-refractivity contribution in [3.05, 3.63) is 59.7 Å². The lowest BCUT2D eigenvalue weighted by molar-refractivity contribution is 0.0924. The van der Waals surface area contributed by atoms with Gasteiger partial charge in [0.1, 0.15) is 23.7 Å². The predicted octanol–water partition coefficient (Wildman–Crippen LogP) is 3.46. The second-order valence-corrected chi connectivity index (χ2v) is 4.60. The summed E-state index contributed by atoms with van der Waals surface area (Å²) in [7, 11) is 1.90. The van der Waals surface area contributed by atoms with Crippen LogP contribution in [0, 0.1) is 0 Å². The molecular weight excluding hydrogens is 254 g/mol. The van der Waals surface area contributed by atoms with Crippen LogP contribution in [0.2, 0.25) is 0 Å². The van der Waals surface area contributed by atoms with E-state index in [2.05, 4.69) is 11.4 Å². The second kappa shape index (κ2) is 5.94. The highest BCUT2D eigenvalue weighted by atomic mass is 16.5. The zero-order valence-electron chi connectivity index (χ0n) is 11.4. The molecule has 0 saturated heterocycles. The third-order valence-electron chi connectivity index (χ3n) is 3.19. The van der Waals surface area contributed by atoms with Crippen LogP contribution in [0.3, 0.4) is 0 Å². The summed E-state index contributed by atoms with van der Waals surface area (Å²) in [6, 6.07) is 11.8. The average molecular weight is 271 g/mol. The smallest absolute Gasteiger partial charge is 0.134 e. The summed E-state index contributed by atoms with van der Waals surface area (Å²) in [5.74, 6) is 1.75. The van der Waals surface area contributed by atoms with E-state index in [1.54, 1.807) is 6.26 Å². The van der Waals surface area contributed by atoms with Crippen molar-refractivity contribution in [2.24, 2.45) is 0 Å². The van der Waals surface area contributed by atoms with E-state index in [1.807, 2.05) is 37.4 Å². The Labute approximate surface area is 117 Å². The molecule has 0 aliphatic heterocycles. The first-order valence-electron chi connectivity index (χ1n) is 6.62. The lowest BCUT2D eigenvalue weighted by atomic mass is 10.1. The highest BCUT2D eigenvalue weighted by Crippen LogP contribution is 2.26. The first-order chi connectivity index (χ1) is 9.88. The number of hydrogen-bond acceptors (Lipinski definition) is 4. The third kappa shape index (κ3) is 2.61. The number of ether oxygens (including phenoxy) is 1. The zero-order valence-corrected chi connectivity index (χ0v) is 11.4. The Bertz CT molecular complexity index is 670. The molecule has 0 aliphatic rings. The van der Waals surface area contributed by atoms with Crippen LogP contribution in [-0.4, -0.2) is 7.05 Å². The molecule has 0 saturated carbocycles. The maximum absolute atomic E-state index is 5.86.